The number of anilines is 1. The van der Waals surface area contributed by atoms with Gasteiger partial charge in [0.1, 0.15) is 11.9 Å². The first-order valence-electron chi connectivity index (χ1n) is 12.2. The van der Waals surface area contributed by atoms with Gasteiger partial charge in [-0.3, -0.25) is 14.5 Å². The molecule has 9 nitrogen and oxygen atoms in total. The number of hydrogen-bond acceptors (Lipinski definition) is 7. The second-order valence-corrected chi connectivity index (χ2v) is 9.49. The molecule has 0 bridgehead atoms. The summed E-state index contributed by atoms with van der Waals surface area (Å²) >= 11 is 0. The van der Waals surface area contributed by atoms with Crippen LogP contribution in [0.15, 0.2) is 47.4 Å². The second kappa shape index (κ2) is 10.1. The van der Waals surface area contributed by atoms with Crippen LogP contribution in [0.5, 0.6) is 0 Å². The van der Waals surface area contributed by atoms with E-state index in [1.807, 2.05) is 12.1 Å². The summed E-state index contributed by atoms with van der Waals surface area (Å²) in [5.74, 6) is -0.218. The van der Waals surface area contributed by atoms with Crippen molar-refractivity contribution in [2.75, 3.05) is 38.7 Å². The summed E-state index contributed by atoms with van der Waals surface area (Å²) in [7, 11) is 4.13. The van der Waals surface area contributed by atoms with Crippen molar-refractivity contribution in [2.45, 2.75) is 25.4 Å². The molecular formula is C27H28FN7O2. The van der Waals surface area contributed by atoms with Crippen molar-refractivity contribution in [3.63, 3.8) is 0 Å². The molecule has 190 valence electrons. The molecule has 0 radical (unpaired) electrons. The first-order valence-corrected chi connectivity index (χ1v) is 12.2. The van der Waals surface area contributed by atoms with Gasteiger partial charge in [0.25, 0.3) is 5.56 Å². The molecule has 2 N–H and O–H groups in total. The van der Waals surface area contributed by atoms with Crippen molar-refractivity contribution in [1.82, 2.24) is 24.6 Å². The maximum Gasteiger partial charge on any atom is 0.260 e. The zero-order valence-electron chi connectivity index (χ0n) is 20.8. The Balaban J connectivity index is 1.63. The van der Waals surface area contributed by atoms with Crippen LogP contribution in [0, 0.1) is 17.1 Å². The average Bonchev–Trinajstić information content (AvgIpc) is 3.30. The van der Waals surface area contributed by atoms with E-state index < -0.39 is 5.82 Å². The van der Waals surface area contributed by atoms with Crippen LogP contribution in [0.3, 0.4) is 0 Å². The highest BCUT2D eigenvalue weighted by molar-refractivity contribution is 5.88. The van der Waals surface area contributed by atoms with Crippen LogP contribution in [0.25, 0.3) is 33.3 Å². The van der Waals surface area contributed by atoms with Crippen molar-refractivity contribution in [1.29, 1.82) is 5.26 Å². The minimum atomic E-state index is -0.665. The summed E-state index contributed by atoms with van der Waals surface area (Å²) in [4.78, 5) is 25.6. The van der Waals surface area contributed by atoms with E-state index in [1.165, 1.54) is 12.1 Å². The van der Waals surface area contributed by atoms with Crippen LogP contribution in [0.4, 0.5) is 10.3 Å². The summed E-state index contributed by atoms with van der Waals surface area (Å²) in [6.07, 6.45) is 3.68. The molecule has 0 aliphatic carbocycles. The highest BCUT2D eigenvalue weighted by Gasteiger charge is 2.24. The van der Waals surface area contributed by atoms with Crippen LogP contribution in [-0.2, 0) is 6.54 Å². The third kappa shape index (κ3) is 4.83. The van der Waals surface area contributed by atoms with E-state index in [2.05, 4.69) is 34.0 Å². The number of aromatic amines is 1. The lowest BCUT2D eigenvalue weighted by Crippen LogP contribution is -2.43. The molecule has 0 spiro atoms. The Kier molecular flexibility index (Phi) is 6.74. The standard InChI is InChI=1S/C27H28FN7O2/c1-33(2)21-7-9-34(10-8-21)27-30-25(18-3-4-19(15-29)22(28)14-18)24(26(37)31-27)17-5-6-23-20(13-17)16-35(32-23)11-12-36/h3-6,13-14,16,21,36H,7-12H2,1-2H3,(H,30,31,37). The number of rotatable bonds is 6. The molecule has 0 unspecified atom stereocenters. The smallest absolute Gasteiger partial charge is 0.260 e. The van der Waals surface area contributed by atoms with Gasteiger partial charge >= 0.3 is 0 Å². The van der Waals surface area contributed by atoms with Crippen LogP contribution < -0.4 is 10.5 Å². The number of benzene rings is 2. The SMILES string of the molecule is CN(C)C1CCN(c2nc(-c3ccc(C#N)c(F)c3)c(-c3ccc4nn(CCO)cc4c3)c(=O)[nH]2)CC1. The Morgan fingerprint density at radius 1 is 1.19 bits per heavy atom. The number of aliphatic hydroxyl groups excluding tert-OH is 1. The number of halogens is 1. The lowest BCUT2D eigenvalue weighted by atomic mass is 9.98. The van der Waals surface area contributed by atoms with E-state index in [-0.39, 0.29) is 17.7 Å². The number of piperidine rings is 1. The molecule has 37 heavy (non-hydrogen) atoms. The quantitative estimate of drug-likeness (QED) is 0.418. The van der Waals surface area contributed by atoms with Gasteiger partial charge in [0, 0.05) is 36.3 Å². The third-order valence-corrected chi connectivity index (χ3v) is 6.93. The summed E-state index contributed by atoms with van der Waals surface area (Å²) in [6.45, 7) is 1.80. The normalized spacial score (nSPS) is 14.4. The molecule has 3 heterocycles. The summed E-state index contributed by atoms with van der Waals surface area (Å²) in [5.41, 5.74) is 2.01. The molecule has 0 saturated carbocycles. The van der Waals surface area contributed by atoms with Crippen LogP contribution in [-0.4, -0.2) is 69.6 Å². The second-order valence-electron chi connectivity index (χ2n) is 9.49. The Morgan fingerprint density at radius 3 is 2.62 bits per heavy atom. The van der Waals surface area contributed by atoms with E-state index in [9.17, 15) is 19.6 Å². The zero-order chi connectivity index (χ0) is 26.1. The summed E-state index contributed by atoms with van der Waals surface area (Å²) < 4.78 is 16.3. The largest absolute Gasteiger partial charge is 0.394 e. The molecule has 1 fully saturated rings. The van der Waals surface area contributed by atoms with E-state index >= 15 is 0 Å². The number of aliphatic hydroxyl groups is 1. The Labute approximate surface area is 213 Å². The van der Waals surface area contributed by atoms with Crippen molar-refractivity contribution >= 4 is 16.9 Å². The third-order valence-electron chi connectivity index (χ3n) is 6.93. The maximum atomic E-state index is 14.6. The monoisotopic (exact) mass is 501 g/mol. The van der Waals surface area contributed by atoms with Gasteiger partial charge < -0.3 is 14.9 Å². The van der Waals surface area contributed by atoms with Gasteiger partial charge in [0.2, 0.25) is 5.95 Å². The van der Waals surface area contributed by atoms with E-state index in [1.54, 1.807) is 29.1 Å². The van der Waals surface area contributed by atoms with Gasteiger partial charge in [-0.25, -0.2) is 9.37 Å². The van der Waals surface area contributed by atoms with Crippen LogP contribution in [0.2, 0.25) is 0 Å². The van der Waals surface area contributed by atoms with Crippen LogP contribution >= 0.6 is 0 Å². The molecule has 2 aromatic heterocycles. The van der Waals surface area contributed by atoms with Gasteiger partial charge in [-0.05, 0) is 56.8 Å². The molecule has 0 amide bonds. The minimum absolute atomic E-state index is 0.0356. The maximum absolute atomic E-state index is 14.6. The predicted octanol–water partition coefficient (Wildman–Crippen LogP) is 2.99. The van der Waals surface area contributed by atoms with Gasteiger partial charge in [-0.15, -0.1) is 0 Å². The number of hydrogen-bond donors (Lipinski definition) is 2. The van der Waals surface area contributed by atoms with Crippen molar-refractivity contribution < 1.29 is 9.50 Å². The molecule has 5 rings (SSSR count). The molecule has 1 aliphatic heterocycles. The number of fused-ring (bicyclic) bond motifs is 1. The summed E-state index contributed by atoms with van der Waals surface area (Å²) in [6, 6.07) is 12.0. The average molecular weight is 502 g/mol. The van der Waals surface area contributed by atoms with E-state index in [0.29, 0.717) is 40.9 Å². The molecule has 10 heteroatoms. The van der Waals surface area contributed by atoms with E-state index in [4.69, 9.17) is 4.98 Å². The topological polar surface area (TPSA) is 114 Å². The van der Waals surface area contributed by atoms with Gasteiger partial charge in [-0.2, -0.15) is 10.4 Å². The minimum Gasteiger partial charge on any atom is -0.394 e. The molecule has 2 aromatic carbocycles. The zero-order valence-corrected chi connectivity index (χ0v) is 20.8. The molecule has 4 aromatic rings. The molecule has 0 atom stereocenters. The fourth-order valence-electron chi connectivity index (χ4n) is 4.88. The lowest BCUT2D eigenvalue weighted by molar-refractivity contribution is 0.249. The number of nitrogens with zero attached hydrogens (tertiary/aromatic N) is 6. The molecule has 1 aliphatic rings. The highest BCUT2D eigenvalue weighted by Crippen LogP contribution is 2.32. The van der Waals surface area contributed by atoms with Crippen molar-refractivity contribution in [2.24, 2.45) is 0 Å². The number of nitriles is 1. The Bertz CT molecular complexity index is 1540. The number of aromatic nitrogens is 4. The van der Waals surface area contributed by atoms with Crippen LogP contribution in [0.1, 0.15) is 18.4 Å². The van der Waals surface area contributed by atoms with E-state index in [0.717, 1.165) is 36.8 Å². The Morgan fingerprint density at radius 2 is 1.95 bits per heavy atom. The first-order chi connectivity index (χ1) is 17.9. The Hall–Kier alpha value is -4.07. The fourth-order valence-corrected chi connectivity index (χ4v) is 4.88. The lowest BCUT2D eigenvalue weighted by Gasteiger charge is -2.35. The van der Waals surface area contributed by atoms with Gasteiger partial charge in [0.05, 0.1) is 35.5 Å². The fraction of sp³-hybridized carbons (Fsp3) is 0.333. The number of H-pyrrole nitrogens is 1. The molecular weight excluding hydrogens is 473 g/mol. The number of nitrogens with one attached hydrogen (secondary N) is 1. The van der Waals surface area contributed by atoms with Crippen molar-refractivity contribution in [3.05, 3.63) is 64.3 Å². The first kappa shape index (κ1) is 24.6. The van der Waals surface area contributed by atoms with Gasteiger partial charge in [-0.1, -0.05) is 12.1 Å². The molecule has 1 saturated heterocycles. The summed E-state index contributed by atoms with van der Waals surface area (Å²) in [5, 5.41) is 23.6. The van der Waals surface area contributed by atoms with Crippen molar-refractivity contribution in [3.8, 4) is 28.5 Å². The highest BCUT2D eigenvalue weighted by atomic mass is 19.1. The predicted molar refractivity (Wildman–Crippen MR) is 140 cm³/mol. The van der Waals surface area contributed by atoms with Gasteiger partial charge in [0.15, 0.2) is 0 Å².